The van der Waals surface area contributed by atoms with Gasteiger partial charge in [-0.1, -0.05) is 6.58 Å². The Morgan fingerprint density at radius 1 is 1.90 bits per heavy atom. The zero-order valence-electron chi connectivity index (χ0n) is 5.30. The quantitative estimate of drug-likeness (QED) is 0.824. The molecule has 1 heterocycles. The summed E-state index contributed by atoms with van der Waals surface area (Å²) in [6, 6.07) is 0. The van der Waals surface area contributed by atoms with Gasteiger partial charge in [-0.3, -0.25) is 0 Å². The van der Waals surface area contributed by atoms with Crippen molar-refractivity contribution in [2.45, 2.75) is 0 Å². The molecule has 2 N–H and O–H groups in total. The van der Waals surface area contributed by atoms with Gasteiger partial charge in [0.1, 0.15) is 0 Å². The molecule has 0 aliphatic carbocycles. The van der Waals surface area contributed by atoms with E-state index in [1.165, 1.54) is 11.3 Å². The van der Waals surface area contributed by atoms with Crippen LogP contribution in [0.1, 0.15) is 5.69 Å². The van der Waals surface area contributed by atoms with E-state index in [1.54, 1.807) is 0 Å². The van der Waals surface area contributed by atoms with E-state index >= 15 is 0 Å². The van der Waals surface area contributed by atoms with Crippen molar-refractivity contribution in [3.05, 3.63) is 21.6 Å². The SMILES string of the molecule is C=C(CN)c1csc(Br)n1. The molecule has 10 heavy (non-hydrogen) atoms. The molecule has 0 radical (unpaired) electrons. The van der Waals surface area contributed by atoms with Crippen LogP contribution in [0.15, 0.2) is 15.9 Å². The molecule has 1 aromatic heterocycles. The van der Waals surface area contributed by atoms with Crippen LogP contribution in [0.2, 0.25) is 0 Å². The summed E-state index contributed by atoms with van der Waals surface area (Å²) in [6.45, 7) is 4.22. The van der Waals surface area contributed by atoms with E-state index in [0.717, 1.165) is 15.2 Å². The molecule has 2 nitrogen and oxygen atoms in total. The fraction of sp³-hybridized carbons (Fsp3) is 0.167. The first-order chi connectivity index (χ1) is 4.74. The van der Waals surface area contributed by atoms with E-state index in [1.807, 2.05) is 5.38 Å². The molecular formula is C6H7BrN2S. The van der Waals surface area contributed by atoms with Gasteiger partial charge in [0, 0.05) is 11.9 Å². The second-order valence-corrected chi connectivity index (χ2v) is 3.93. The molecule has 0 atom stereocenters. The summed E-state index contributed by atoms with van der Waals surface area (Å²) < 4.78 is 0.872. The summed E-state index contributed by atoms with van der Waals surface area (Å²) in [4.78, 5) is 4.14. The number of aromatic nitrogens is 1. The normalized spacial score (nSPS) is 9.80. The van der Waals surface area contributed by atoms with E-state index in [2.05, 4.69) is 27.5 Å². The first kappa shape index (κ1) is 7.91. The minimum atomic E-state index is 0.468. The topological polar surface area (TPSA) is 38.9 Å². The Kier molecular flexibility index (Phi) is 2.59. The van der Waals surface area contributed by atoms with Crippen LogP contribution in [-0.2, 0) is 0 Å². The molecule has 0 aliphatic rings. The molecular weight excluding hydrogens is 212 g/mol. The zero-order valence-corrected chi connectivity index (χ0v) is 7.70. The molecule has 0 fully saturated rings. The first-order valence-electron chi connectivity index (χ1n) is 2.73. The van der Waals surface area contributed by atoms with Crippen LogP contribution in [-0.4, -0.2) is 11.5 Å². The van der Waals surface area contributed by atoms with Crippen molar-refractivity contribution in [3.63, 3.8) is 0 Å². The van der Waals surface area contributed by atoms with Gasteiger partial charge in [-0.2, -0.15) is 0 Å². The maximum atomic E-state index is 5.36. The molecule has 0 saturated heterocycles. The van der Waals surface area contributed by atoms with Crippen molar-refractivity contribution in [1.82, 2.24) is 4.98 Å². The number of nitrogens with two attached hydrogens (primary N) is 1. The van der Waals surface area contributed by atoms with Gasteiger partial charge in [-0.25, -0.2) is 4.98 Å². The average Bonchev–Trinajstić information content (AvgIpc) is 2.34. The molecule has 0 aromatic carbocycles. The predicted octanol–water partition coefficient (Wildman–Crippen LogP) is 1.88. The molecule has 0 bridgehead atoms. The van der Waals surface area contributed by atoms with Gasteiger partial charge in [0.2, 0.25) is 0 Å². The Morgan fingerprint density at radius 3 is 3.00 bits per heavy atom. The number of halogens is 1. The molecule has 0 aliphatic heterocycles. The van der Waals surface area contributed by atoms with Gasteiger partial charge in [0.05, 0.1) is 5.69 Å². The van der Waals surface area contributed by atoms with Crippen LogP contribution in [0, 0.1) is 0 Å². The average molecular weight is 219 g/mol. The van der Waals surface area contributed by atoms with Crippen LogP contribution in [0.25, 0.3) is 5.57 Å². The van der Waals surface area contributed by atoms with E-state index < -0.39 is 0 Å². The van der Waals surface area contributed by atoms with Crippen molar-refractivity contribution in [1.29, 1.82) is 0 Å². The monoisotopic (exact) mass is 218 g/mol. The van der Waals surface area contributed by atoms with Gasteiger partial charge in [0.15, 0.2) is 3.92 Å². The van der Waals surface area contributed by atoms with Gasteiger partial charge < -0.3 is 5.73 Å². The molecule has 0 saturated carbocycles. The largest absolute Gasteiger partial charge is 0.326 e. The minimum Gasteiger partial charge on any atom is -0.326 e. The number of hydrogen-bond donors (Lipinski definition) is 1. The molecule has 1 aromatic rings. The molecule has 1 rings (SSSR count). The van der Waals surface area contributed by atoms with Crippen molar-refractivity contribution in [2.75, 3.05) is 6.54 Å². The fourth-order valence-electron chi connectivity index (χ4n) is 0.519. The summed E-state index contributed by atoms with van der Waals surface area (Å²) in [5.74, 6) is 0. The van der Waals surface area contributed by atoms with Crippen LogP contribution in [0.5, 0.6) is 0 Å². The highest BCUT2D eigenvalue weighted by Crippen LogP contribution is 2.19. The Labute approximate surface area is 71.9 Å². The number of hydrogen-bond acceptors (Lipinski definition) is 3. The summed E-state index contributed by atoms with van der Waals surface area (Å²) in [7, 11) is 0. The van der Waals surface area contributed by atoms with Gasteiger partial charge in [-0.05, 0) is 21.5 Å². The van der Waals surface area contributed by atoms with Gasteiger partial charge >= 0.3 is 0 Å². The highest BCUT2D eigenvalue weighted by molar-refractivity contribution is 9.11. The third kappa shape index (κ3) is 1.65. The van der Waals surface area contributed by atoms with E-state index in [0.29, 0.717) is 6.54 Å². The second kappa shape index (κ2) is 3.27. The fourth-order valence-corrected chi connectivity index (χ4v) is 1.57. The van der Waals surface area contributed by atoms with Crippen molar-refractivity contribution in [3.8, 4) is 0 Å². The Hall–Kier alpha value is -0.190. The van der Waals surface area contributed by atoms with E-state index in [9.17, 15) is 0 Å². The highest BCUT2D eigenvalue weighted by atomic mass is 79.9. The summed E-state index contributed by atoms with van der Waals surface area (Å²) >= 11 is 4.79. The Balaban J connectivity index is 2.85. The molecule has 0 amide bonds. The standard InChI is InChI=1S/C6H7BrN2S/c1-4(2-8)5-3-10-6(7)9-5/h3H,1-2,8H2. The maximum absolute atomic E-state index is 5.36. The lowest BCUT2D eigenvalue weighted by Gasteiger charge is -1.93. The van der Waals surface area contributed by atoms with Crippen LogP contribution in [0.4, 0.5) is 0 Å². The van der Waals surface area contributed by atoms with Crippen molar-refractivity contribution >= 4 is 32.8 Å². The number of rotatable bonds is 2. The van der Waals surface area contributed by atoms with E-state index in [4.69, 9.17) is 5.73 Å². The van der Waals surface area contributed by atoms with Crippen LogP contribution >= 0.6 is 27.3 Å². The summed E-state index contributed by atoms with van der Waals surface area (Å²) in [6.07, 6.45) is 0. The Bertz CT molecular complexity index is 244. The van der Waals surface area contributed by atoms with E-state index in [-0.39, 0.29) is 0 Å². The number of thiazole rings is 1. The minimum absolute atomic E-state index is 0.468. The van der Waals surface area contributed by atoms with Crippen molar-refractivity contribution in [2.24, 2.45) is 5.73 Å². The first-order valence-corrected chi connectivity index (χ1v) is 4.40. The third-order valence-corrected chi connectivity index (χ3v) is 2.45. The van der Waals surface area contributed by atoms with Crippen LogP contribution in [0.3, 0.4) is 0 Å². The molecule has 54 valence electrons. The number of nitrogens with zero attached hydrogens (tertiary/aromatic N) is 1. The maximum Gasteiger partial charge on any atom is 0.159 e. The third-order valence-electron chi connectivity index (χ3n) is 1.08. The summed E-state index contributed by atoms with van der Waals surface area (Å²) in [5, 5.41) is 1.93. The lowest BCUT2D eigenvalue weighted by atomic mass is 10.2. The zero-order chi connectivity index (χ0) is 7.56. The van der Waals surface area contributed by atoms with Gasteiger partial charge in [0.25, 0.3) is 0 Å². The van der Waals surface area contributed by atoms with Crippen molar-refractivity contribution < 1.29 is 0 Å². The molecule has 0 spiro atoms. The Morgan fingerprint density at radius 2 is 2.60 bits per heavy atom. The predicted molar refractivity (Wildman–Crippen MR) is 47.9 cm³/mol. The van der Waals surface area contributed by atoms with Crippen LogP contribution < -0.4 is 5.73 Å². The lowest BCUT2D eigenvalue weighted by Crippen LogP contribution is -2.00. The highest BCUT2D eigenvalue weighted by Gasteiger charge is 2.00. The second-order valence-electron chi connectivity index (χ2n) is 1.79. The smallest absolute Gasteiger partial charge is 0.159 e. The lowest BCUT2D eigenvalue weighted by molar-refractivity contribution is 1.22. The molecule has 4 heteroatoms. The molecule has 0 unspecified atom stereocenters. The summed E-state index contributed by atoms with van der Waals surface area (Å²) in [5.41, 5.74) is 7.13. The van der Waals surface area contributed by atoms with Gasteiger partial charge in [-0.15, -0.1) is 11.3 Å².